The van der Waals surface area contributed by atoms with Gasteiger partial charge in [-0.15, -0.1) is 0 Å². The predicted octanol–water partition coefficient (Wildman–Crippen LogP) is 5.80. The Hall–Kier alpha value is -0.142. The summed E-state index contributed by atoms with van der Waals surface area (Å²) < 4.78 is 1.44. The van der Waals surface area contributed by atoms with Gasteiger partial charge < -0.3 is 0 Å². The van der Waals surface area contributed by atoms with E-state index in [-0.39, 0.29) is 0 Å². The van der Waals surface area contributed by atoms with Crippen LogP contribution < -0.4 is 7.02 Å². The molecule has 0 spiro atoms. The maximum absolute atomic E-state index is 6.59. The molecule has 2 aromatic carbocycles. The Bertz CT molecular complexity index is 692. The van der Waals surface area contributed by atoms with Crippen LogP contribution in [0, 0.1) is 0 Å². The van der Waals surface area contributed by atoms with E-state index in [1.165, 1.54) is 0 Å². The van der Waals surface area contributed by atoms with Gasteiger partial charge in [0.05, 0.1) is 0 Å². The van der Waals surface area contributed by atoms with Crippen molar-refractivity contribution in [3.8, 4) is 0 Å². The van der Waals surface area contributed by atoms with Crippen LogP contribution in [0.5, 0.6) is 0 Å². The van der Waals surface area contributed by atoms with Crippen LogP contribution >= 0.6 is 49.7 Å². The van der Waals surface area contributed by atoms with Crippen molar-refractivity contribution in [1.29, 1.82) is 0 Å². The molecule has 7 heteroatoms. The van der Waals surface area contributed by atoms with Crippen LogP contribution in [0.25, 0.3) is 0 Å². The third kappa shape index (κ3) is 5.43. The Morgan fingerprint density at radius 2 is 0.958 bits per heavy atom. The van der Waals surface area contributed by atoms with Crippen molar-refractivity contribution >= 4 is 70.7 Å². The zero-order chi connectivity index (χ0) is 17.7. The number of nitrogens with zero attached hydrogens (tertiary/aromatic N) is 1. The summed E-state index contributed by atoms with van der Waals surface area (Å²) in [6.45, 7) is 0. The molecule has 1 aromatic heterocycles. The van der Waals surface area contributed by atoms with Crippen LogP contribution in [0.4, 0.5) is 0 Å². The van der Waals surface area contributed by atoms with Crippen LogP contribution in [-0.4, -0.2) is 19.0 Å². The first-order valence-electron chi connectivity index (χ1n) is 6.82. The summed E-state index contributed by atoms with van der Waals surface area (Å²) >= 11 is 7.14. The standard InChI is InChI=1S/2C6H4Cl.C5H5N.3ClH.Sb/c2*7-6-4-2-1-3-5-6;1-2-4-6-5-3-1;;;;/h2*2-5H;1-5H;3*1H;/q;;;;;;+3/p-3. The van der Waals surface area contributed by atoms with Gasteiger partial charge in [-0.1, -0.05) is 6.07 Å². The molecule has 0 unspecified atom stereocenters. The Labute approximate surface area is 163 Å². The van der Waals surface area contributed by atoms with Crippen molar-refractivity contribution in [1.82, 2.24) is 4.98 Å². The van der Waals surface area contributed by atoms with Gasteiger partial charge in [0, 0.05) is 12.4 Å². The molecule has 0 atom stereocenters. The molecule has 0 bridgehead atoms. The second-order valence-corrected chi connectivity index (χ2v) is 30.3. The fourth-order valence-corrected chi connectivity index (χ4v) is 11.1. The van der Waals surface area contributed by atoms with Gasteiger partial charge >= 0.3 is 129 Å². The first-order chi connectivity index (χ1) is 11.3. The molecule has 1 heterocycles. The average molecular weight is 530 g/mol. The number of hydrogen-bond donors (Lipinski definition) is 0. The van der Waals surface area contributed by atoms with Gasteiger partial charge in [0.1, 0.15) is 0 Å². The van der Waals surface area contributed by atoms with Crippen molar-refractivity contribution in [3.63, 3.8) is 0 Å². The van der Waals surface area contributed by atoms with Crippen molar-refractivity contribution < 1.29 is 0 Å². The Balaban J connectivity index is 0.000000292. The van der Waals surface area contributed by atoms with Crippen molar-refractivity contribution in [2.45, 2.75) is 0 Å². The van der Waals surface area contributed by atoms with E-state index in [0.717, 1.165) is 7.02 Å². The zero-order valence-electron chi connectivity index (χ0n) is 12.3. The van der Waals surface area contributed by atoms with E-state index in [2.05, 4.69) is 4.98 Å². The largest absolute Gasteiger partial charge is 0.265 e. The zero-order valence-corrected chi connectivity index (χ0v) is 18.6. The third-order valence-electron chi connectivity index (χ3n) is 3.06. The van der Waals surface area contributed by atoms with E-state index in [0.29, 0.717) is 10.0 Å². The van der Waals surface area contributed by atoms with Gasteiger partial charge in [0.2, 0.25) is 0 Å². The first-order valence-corrected chi connectivity index (χ1v) is 19.8. The molecule has 3 aromatic rings. The number of pyridine rings is 1. The van der Waals surface area contributed by atoms with Crippen molar-refractivity contribution in [3.05, 3.63) is 89.2 Å². The van der Waals surface area contributed by atoms with Gasteiger partial charge in [-0.3, -0.25) is 4.98 Å². The van der Waals surface area contributed by atoms with Gasteiger partial charge in [-0.25, -0.2) is 0 Å². The third-order valence-corrected chi connectivity index (χ3v) is 17.9. The topological polar surface area (TPSA) is 12.9 Å². The van der Waals surface area contributed by atoms with Gasteiger partial charge in [0.15, 0.2) is 0 Å². The molecule has 24 heavy (non-hydrogen) atoms. The summed E-state index contributed by atoms with van der Waals surface area (Å²) in [7, 11) is 19.8. The predicted molar refractivity (Wildman–Crippen MR) is 110 cm³/mol. The maximum Gasteiger partial charge on any atom is 0.0267 e. The summed E-state index contributed by atoms with van der Waals surface area (Å²) in [5, 5.41) is 1.23. The van der Waals surface area contributed by atoms with Gasteiger partial charge in [-0.2, -0.15) is 0 Å². The molecule has 0 radical (unpaired) electrons. The van der Waals surface area contributed by atoms with Crippen LogP contribution in [-0.2, 0) is 0 Å². The maximum atomic E-state index is 6.59. The van der Waals surface area contributed by atoms with Crippen molar-refractivity contribution in [2.75, 3.05) is 0 Å². The van der Waals surface area contributed by atoms with Crippen LogP contribution in [0.3, 0.4) is 0 Å². The molecule has 126 valence electrons. The minimum Gasteiger partial charge on any atom is -0.265 e. The summed E-state index contributed by atoms with van der Waals surface area (Å²) in [5.74, 6) is 0. The normalized spacial score (nSPS) is 12.5. The second kappa shape index (κ2) is 8.49. The quantitative estimate of drug-likeness (QED) is 0.382. The number of benzene rings is 2. The summed E-state index contributed by atoms with van der Waals surface area (Å²) in [6.07, 6.45) is 3.50. The van der Waals surface area contributed by atoms with E-state index < -0.39 is 14.0 Å². The summed E-state index contributed by atoms with van der Waals surface area (Å²) in [4.78, 5) is 3.78. The number of halogens is 5. The molecule has 0 aliphatic rings. The van der Waals surface area contributed by atoms with Crippen molar-refractivity contribution in [2.24, 2.45) is 0 Å². The van der Waals surface area contributed by atoms with Crippen LogP contribution in [0.15, 0.2) is 79.1 Å². The SMILES string of the molecule is Clc1cc[c]([Sb]([Cl])([Cl])([Cl])[c]2ccc(Cl)cc2)cc1.c1ccncc1. The Morgan fingerprint density at radius 3 is 1.21 bits per heavy atom. The molecule has 0 saturated heterocycles. The molecule has 1 nitrogen and oxygen atoms in total. The Kier molecular flexibility index (Phi) is 7.14. The Morgan fingerprint density at radius 1 is 0.583 bits per heavy atom. The monoisotopic (exact) mass is 527 g/mol. The average Bonchev–Trinajstić information content (AvgIpc) is 2.57. The molecule has 0 N–H and O–H groups in total. The second-order valence-electron chi connectivity index (χ2n) is 4.79. The van der Waals surface area contributed by atoms with E-state index in [1.54, 1.807) is 60.9 Å². The fourth-order valence-electron chi connectivity index (χ4n) is 1.83. The molecular formula is C17H13Cl5NSb. The van der Waals surface area contributed by atoms with E-state index in [9.17, 15) is 0 Å². The number of hydrogen-bond acceptors (Lipinski definition) is 1. The minimum absolute atomic E-state index is 0.615. The van der Waals surface area contributed by atoms with Crippen LogP contribution in [0.1, 0.15) is 0 Å². The summed E-state index contributed by atoms with van der Waals surface area (Å²) in [6, 6.07) is 19.7. The fraction of sp³-hybridized carbons (Fsp3) is 0. The number of rotatable bonds is 2. The van der Waals surface area contributed by atoms with E-state index in [4.69, 9.17) is 49.7 Å². The molecule has 0 amide bonds. The smallest absolute Gasteiger partial charge is 0.0267 e. The molecule has 0 aliphatic carbocycles. The first kappa shape index (κ1) is 20.2. The molecular weight excluding hydrogens is 517 g/mol. The number of aromatic nitrogens is 1. The molecule has 3 rings (SSSR count). The minimum atomic E-state index is -4.56. The van der Waals surface area contributed by atoms with E-state index in [1.807, 2.05) is 18.2 Å². The van der Waals surface area contributed by atoms with Crippen LogP contribution in [0.2, 0.25) is 10.0 Å². The van der Waals surface area contributed by atoms with Gasteiger partial charge in [0.25, 0.3) is 0 Å². The van der Waals surface area contributed by atoms with E-state index >= 15 is 0 Å². The molecule has 0 aliphatic heterocycles. The molecule has 0 fully saturated rings. The molecule has 0 saturated carbocycles. The summed E-state index contributed by atoms with van der Waals surface area (Å²) in [5.41, 5.74) is 0. The van der Waals surface area contributed by atoms with Gasteiger partial charge in [-0.05, 0) is 12.1 Å².